The van der Waals surface area contributed by atoms with E-state index in [0.717, 1.165) is 12.2 Å². The summed E-state index contributed by atoms with van der Waals surface area (Å²) < 4.78 is 5.30. The number of fused-ring (bicyclic) bond motifs is 5. The molecule has 4 unspecified atom stereocenters. The van der Waals surface area contributed by atoms with E-state index in [1.807, 2.05) is 0 Å². The molecule has 0 aromatic heterocycles. The van der Waals surface area contributed by atoms with E-state index < -0.39 is 0 Å². The van der Waals surface area contributed by atoms with E-state index in [1.165, 1.54) is 18.4 Å². The molecule has 0 heterocycles. The van der Waals surface area contributed by atoms with Crippen LogP contribution in [0.3, 0.4) is 0 Å². The molecule has 3 aliphatic rings. The summed E-state index contributed by atoms with van der Waals surface area (Å²) in [5, 5.41) is 0. The maximum atomic E-state index is 12.2. The van der Waals surface area contributed by atoms with Crippen molar-refractivity contribution >= 4 is 5.78 Å². The minimum absolute atomic E-state index is 0.262. The Bertz CT molecular complexity index is 426. The summed E-state index contributed by atoms with van der Waals surface area (Å²) in [5.41, 5.74) is 3.04. The summed E-state index contributed by atoms with van der Waals surface area (Å²) in [5.74, 6) is 3.17. The third-order valence-corrected chi connectivity index (χ3v) is 4.91. The Morgan fingerprint density at radius 1 is 1.29 bits per heavy atom. The Kier molecular flexibility index (Phi) is 2.42. The van der Waals surface area contributed by atoms with Crippen LogP contribution in [0.5, 0.6) is 0 Å². The third kappa shape index (κ3) is 1.42. The van der Waals surface area contributed by atoms with Crippen molar-refractivity contribution in [3.63, 3.8) is 0 Å². The standard InChI is InChI=1S/C15H20O2/c1-8(2)14-10-4-5-11(14)15-12(10)6-9(17-3)7-13(15)16/h7,10-12,15H,4-6H2,1-3H3. The maximum Gasteiger partial charge on any atom is 0.163 e. The van der Waals surface area contributed by atoms with E-state index in [2.05, 4.69) is 13.8 Å². The highest BCUT2D eigenvalue weighted by Crippen LogP contribution is 2.59. The smallest absolute Gasteiger partial charge is 0.163 e. The van der Waals surface area contributed by atoms with Crippen LogP contribution in [0.15, 0.2) is 23.0 Å². The van der Waals surface area contributed by atoms with Gasteiger partial charge in [0.2, 0.25) is 0 Å². The number of hydrogen-bond donors (Lipinski definition) is 0. The van der Waals surface area contributed by atoms with Gasteiger partial charge in [0, 0.05) is 18.4 Å². The monoisotopic (exact) mass is 232 g/mol. The zero-order chi connectivity index (χ0) is 12.2. The first-order valence-corrected chi connectivity index (χ1v) is 6.59. The molecule has 3 aliphatic carbocycles. The molecule has 4 atom stereocenters. The minimum Gasteiger partial charge on any atom is -0.501 e. The van der Waals surface area contributed by atoms with Gasteiger partial charge < -0.3 is 4.74 Å². The zero-order valence-corrected chi connectivity index (χ0v) is 10.8. The third-order valence-electron chi connectivity index (χ3n) is 4.91. The lowest BCUT2D eigenvalue weighted by atomic mass is 9.72. The summed E-state index contributed by atoms with van der Waals surface area (Å²) in [4.78, 5) is 12.2. The Hall–Kier alpha value is -1.05. The molecule has 0 amide bonds. The molecule has 2 fully saturated rings. The van der Waals surface area contributed by atoms with Gasteiger partial charge >= 0.3 is 0 Å². The van der Waals surface area contributed by atoms with Crippen molar-refractivity contribution in [2.45, 2.75) is 33.1 Å². The number of hydrogen-bond acceptors (Lipinski definition) is 2. The van der Waals surface area contributed by atoms with Crippen molar-refractivity contribution < 1.29 is 9.53 Å². The molecule has 0 aromatic rings. The number of rotatable bonds is 1. The molecule has 0 aliphatic heterocycles. The first-order valence-electron chi connectivity index (χ1n) is 6.59. The van der Waals surface area contributed by atoms with Crippen LogP contribution in [0, 0.1) is 23.7 Å². The fourth-order valence-corrected chi connectivity index (χ4v) is 4.42. The van der Waals surface area contributed by atoms with Crippen molar-refractivity contribution in [1.82, 2.24) is 0 Å². The first kappa shape index (κ1) is 11.1. The molecular formula is C15H20O2. The minimum atomic E-state index is 0.262. The molecule has 2 saturated carbocycles. The number of allylic oxidation sites excluding steroid dienone is 4. The summed E-state index contributed by atoms with van der Waals surface area (Å²) in [6.45, 7) is 4.40. The quantitative estimate of drug-likeness (QED) is 0.649. The second-order valence-electron chi connectivity index (χ2n) is 5.86. The second kappa shape index (κ2) is 3.72. The highest BCUT2D eigenvalue weighted by atomic mass is 16.5. The van der Waals surface area contributed by atoms with Gasteiger partial charge in [0.25, 0.3) is 0 Å². The Morgan fingerprint density at radius 2 is 2.00 bits per heavy atom. The number of carbonyl (C=O) groups is 1. The van der Waals surface area contributed by atoms with Crippen molar-refractivity contribution in [3.05, 3.63) is 23.0 Å². The van der Waals surface area contributed by atoms with Crippen molar-refractivity contribution in [1.29, 1.82) is 0 Å². The largest absolute Gasteiger partial charge is 0.501 e. The van der Waals surface area contributed by atoms with Crippen molar-refractivity contribution in [2.75, 3.05) is 7.11 Å². The van der Waals surface area contributed by atoms with E-state index in [4.69, 9.17) is 4.74 Å². The molecule has 3 rings (SSSR count). The van der Waals surface area contributed by atoms with Crippen LogP contribution in [-0.2, 0) is 9.53 Å². The van der Waals surface area contributed by atoms with E-state index in [1.54, 1.807) is 18.8 Å². The van der Waals surface area contributed by atoms with Gasteiger partial charge in [-0.3, -0.25) is 4.79 Å². The highest BCUT2D eigenvalue weighted by Gasteiger charge is 2.55. The number of carbonyl (C=O) groups excluding carboxylic acids is 1. The molecule has 0 saturated heterocycles. The Morgan fingerprint density at radius 3 is 2.65 bits per heavy atom. The van der Waals surface area contributed by atoms with E-state index in [-0.39, 0.29) is 5.92 Å². The molecule has 0 spiro atoms. The van der Waals surface area contributed by atoms with Gasteiger partial charge in [-0.2, -0.15) is 0 Å². The SMILES string of the molecule is COC1=CC(=O)C2C3CCC(C3=C(C)C)C2C1. The van der Waals surface area contributed by atoms with Crippen molar-refractivity contribution in [3.8, 4) is 0 Å². The van der Waals surface area contributed by atoms with Crippen LogP contribution in [0.2, 0.25) is 0 Å². The van der Waals surface area contributed by atoms with Crippen LogP contribution < -0.4 is 0 Å². The van der Waals surface area contributed by atoms with Gasteiger partial charge in [0.1, 0.15) is 0 Å². The zero-order valence-electron chi connectivity index (χ0n) is 10.8. The van der Waals surface area contributed by atoms with E-state index >= 15 is 0 Å². The maximum absolute atomic E-state index is 12.2. The predicted molar refractivity (Wildman–Crippen MR) is 66.3 cm³/mol. The molecular weight excluding hydrogens is 212 g/mol. The van der Waals surface area contributed by atoms with Crippen LogP contribution in [0.4, 0.5) is 0 Å². The van der Waals surface area contributed by atoms with Crippen LogP contribution in [-0.4, -0.2) is 12.9 Å². The molecule has 2 nitrogen and oxygen atoms in total. The molecule has 0 aromatic carbocycles. The van der Waals surface area contributed by atoms with Gasteiger partial charge in [-0.15, -0.1) is 0 Å². The topological polar surface area (TPSA) is 26.3 Å². The van der Waals surface area contributed by atoms with Crippen molar-refractivity contribution in [2.24, 2.45) is 23.7 Å². The number of ether oxygens (including phenoxy) is 1. The molecule has 2 bridgehead atoms. The average Bonchev–Trinajstić information content (AvgIpc) is 2.84. The highest BCUT2D eigenvalue weighted by molar-refractivity contribution is 5.94. The summed E-state index contributed by atoms with van der Waals surface area (Å²) in [6, 6.07) is 0. The van der Waals surface area contributed by atoms with Gasteiger partial charge in [-0.05, 0) is 44.4 Å². The fraction of sp³-hybridized carbons (Fsp3) is 0.667. The summed E-state index contributed by atoms with van der Waals surface area (Å²) >= 11 is 0. The lowest BCUT2D eigenvalue weighted by Gasteiger charge is -2.32. The van der Waals surface area contributed by atoms with Crippen LogP contribution in [0.25, 0.3) is 0 Å². The second-order valence-corrected chi connectivity index (χ2v) is 5.86. The van der Waals surface area contributed by atoms with Gasteiger partial charge in [0.05, 0.1) is 12.9 Å². The Balaban J connectivity index is 2.00. The van der Waals surface area contributed by atoms with E-state index in [9.17, 15) is 4.79 Å². The lowest BCUT2D eigenvalue weighted by molar-refractivity contribution is -0.122. The number of ketones is 1. The molecule has 0 N–H and O–H groups in total. The Labute approximate surface area is 103 Å². The molecule has 2 heteroatoms. The molecule has 92 valence electrons. The lowest BCUT2D eigenvalue weighted by Crippen LogP contribution is -2.32. The van der Waals surface area contributed by atoms with Gasteiger partial charge in [0.15, 0.2) is 5.78 Å². The first-order chi connectivity index (χ1) is 8.13. The van der Waals surface area contributed by atoms with E-state index in [0.29, 0.717) is 23.5 Å². The van der Waals surface area contributed by atoms with Gasteiger partial charge in [-0.1, -0.05) is 11.1 Å². The fourth-order valence-electron chi connectivity index (χ4n) is 4.42. The molecule has 17 heavy (non-hydrogen) atoms. The van der Waals surface area contributed by atoms with Crippen LogP contribution >= 0.6 is 0 Å². The summed E-state index contributed by atoms with van der Waals surface area (Å²) in [6.07, 6.45) is 5.19. The summed E-state index contributed by atoms with van der Waals surface area (Å²) in [7, 11) is 1.68. The average molecular weight is 232 g/mol. The van der Waals surface area contributed by atoms with Crippen LogP contribution in [0.1, 0.15) is 33.1 Å². The number of methoxy groups -OCH3 is 1. The normalized spacial score (nSPS) is 39.1. The van der Waals surface area contributed by atoms with Gasteiger partial charge in [-0.25, -0.2) is 0 Å². The molecule has 0 radical (unpaired) electrons. The predicted octanol–water partition coefficient (Wildman–Crippen LogP) is 3.10.